The van der Waals surface area contributed by atoms with Crippen molar-refractivity contribution in [2.45, 2.75) is 13.0 Å². The average Bonchev–Trinajstić information content (AvgIpc) is 3.19. The smallest absolute Gasteiger partial charge is 0.336 e. The second-order valence-electron chi connectivity index (χ2n) is 7.29. The highest BCUT2D eigenvalue weighted by Crippen LogP contribution is 2.44. The molecule has 6 heteroatoms. The predicted octanol–water partition coefficient (Wildman–Crippen LogP) is 5.00. The third-order valence-electron chi connectivity index (χ3n) is 5.43. The van der Waals surface area contributed by atoms with E-state index in [4.69, 9.17) is 13.6 Å². The van der Waals surface area contributed by atoms with E-state index in [0.29, 0.717) is 39.2 Å². The number of aryl methyl sites for hydroxylation is 1. The van der Waals surface area contributed by atoms with Gasteiger partial charge in [0.15, 0.2) is 0 Å². The summed E-state index contributed by atoms with van der Waals surface area (Å²) < 4.78 is 17.2. The average molecular weight is 413 g/mol. The first-order valence-electron chi connectivity index (χ1n) is 9.79. The van der Waals surface area contributed by atoms with Crippen molar-refractivity contribution in [3.8, 4) is 16.9 Å². The molecule has 0 aliphatic rings. The van der Waals surface area contributed by atoms with Crippen LogP contribution in [0.25, 0.3) is 33.1 Å². The van der Waals surface area contributed by atoms with Gasteiger partial charge in [-0.05, 0) is 36.8 Å². The van der Waals surface area contributed by atoms with Gasteiger partial charge in [-0.3, -0.25) is 4.98 Å². The zero-order valence-electron chi connectivity index (χ0n) is 17.0. The van der Waals surface area contributed by atoms with Gasteiger partial charge in [-0.1, -0.05) is 24.3 Å². The van der Waals surface area contributed by atoms with Crippen LogP contribution < -0.4 is 10.4 Å². The lowest BCUT2D eigenvalue weighted by Gasteiger charge is -2.14. The van der Waals surface area contributed by atoms with Crippen molar-refractivity contribution < 1.29 is 18.7 Å². The molecule has 5 rings (SSSR count). The number of ether oxygens (including phenoxy) is 1. The number of fused-ring (bicyclic) bond motifs is 3. The number of methoxy groups -OCH3 is 1. The van der Waals surface area contributed by atoms with Crippen LogP contribution in [0.1, 0.15) is 23.0 Å². The van der Waals surface area contributed by atoms with Crippen molar-refractivity contribution in [2.75, 3.05) is 7.11 Å². The fourth-order valence-corrected chi connectivity index (χ4v) is 4.00. The first kappa shape index (κ1) is 19.1. The van der Waals surface area contributed by atoms with Gasteiger partial charge in [-0.2, -0.15) is 0 Å². The monoisotopic (exact) mass is 413 g/mol. The SMILES string of the molecule is COc1ccccc1C(O)c1oc2ccc3c(C)cc(=O)oc3c2c1-c1cccnc1. The van der Waals surface area contributed by atoms with Crippen molar-refractivity contribution in [3.05, 3.63) is 94.3 Å². The Balaban J connectivity index is 1.89. The maximum absolute atomic E-state index is 12.2. The molecule has 3 heterocycles. The molecule has 0 spiro atoms. The highest BCUT2D eigenvalue weighted by atomic mass is 16.5. The van der Waals surface area contributed by atoms with Crippen LogP contribution in [0.3, 0.4) is 0 Å². The molecular weight excluding hydrogens is 394 g/mol. The van der Waals surface area contributed by atoms with E-state index >= 15 is 0 Å². The van der Waals surface area contributed by atoms with Gasteiger partial charge in [0.05, 0.1) is 12.5 Å². The summed E-state index contributed by atoms with van der Waals surface area (Å²) in [5, 5.41) is 12.8. The molecule has 0 amide bonds. The minimum absolute atomic E-state index is 0.323. The quantitative estimate of drug-likeness (QED) is 0.417. The normalized spacial score (nSPS) is 12.4. The number of rotatable bonds is 4. The molecule has 0 aliphatic carbocycles. The van der Waals surface area contributed by atoms with Crippen molar-refractivity contribution in [3.63, 3.8) is 0 Å². The lowest BCUT2D eigenvalue weighted by atomic mass is 9.96. The molecule has 0 radical (unpaired) electrons. The first-order chi connectivity index (χ1) is 15.1. The Morgan fingerprint density at radius 2 is 1.90 bits per heavy atom. The predicted molar refractivity (Wildman–Crippen MR) is 117 cm³/mol. The van der Waals surface area contributed by atoms with E-state index in [1.807, 2.05) is 37.3 Å². The molecule has 0 aliphatic heterocycles. The molecule has 2 aromatic carbocycles. The number of hydrogen-bond acceptors (Lipinski definition) is 6. The number of nitrogens with zero attached hydrogens (tertiary/aromatic N) is 1. The largest absolute Gasteiger partial charge is 0.496 e. The maximum atomic E-state index is 12.2. The number of aliphatic hydroxyl groups excluding tert-OH is 1. The van der Waals surface area contributed by atoms with Crippen LogP contribution in [0.2, 0.25) is 0 Å². The Morgan fingerprint density at radius 1 is 1.06 bits per heavy atom. The Morgan fingerprint density at radius 3 is 2.68 bits per heavy atom. The molecule has 6 nitrogen and oxygen atoms in total. The standard InChI is InChI=1S/C25H19NO5/c1-14-12-20(27)31-24-16(14)9-10-19-22(24)21(15-6-5-11-26-13-15)25(30-19)23(28)17-7-3-4-8-18(17)29-2/h3-13,23,28H,1-2H3. The number of pyridine rings is 1. The molecule has 1 atom stereocenters. The lowest BCUT2D eigenvalue weighted by molar-refractivity contribution is 0.188. The maximum Gasteiger partial charge on any atom is 0.336 e. The lowest BCUT2D eigenvalue weighted by Crippen LogP contribution is -2.03. The van der Waals surface area contributed by atoms with E-state index in [1.165, 1.54) is 6.07 Å². The molecule has 5 aromatic rings. The van der Waals surface area contributed by atoms with Gasteiger partial charge in [-0.15, -0.1) is 0 Å². The molecule has 1 unspecified atom stereocenters. The molecular formula is C25H19NO5. The van der Waals surface area contributed by atoms with E-state index in [1.54, 1.807) is 37.7 Å². The Hall–Kier alpha value is -3.90. The van der Waals surface area contributed by atoms with Crippen molar-refractivity contribution in [1.29, 1.82) is 0 Å². The van der Waals surface area contributed by atoms with Gasteiger partial charge >= 0.3 is 5.63 Å². The van der Waals surface area contributed by atoms with Gasteiger partial charge in [0.25, 0.3) is 0 Å². The fourth-order valence-electron chi connectivity index (χ4n) is 4.00. The third kappa shape index (κ3) is 3.08. The zero-order chi connectivity index (χ0) is 21.5. The molecule has 0 bridgehead atoms. The van der Waals surface area contributed by atoms with Crippen LogP contribution >= 0.6 is 0 Å². The summed E-state index contributed by atoms with van der Waals surface area (Å²) in [7, 11) is 1.55. The van der Waals surface area contributed by atoms with Crippen LogP contribution in [-0.4, -0.2) is 17.2 Å². The Bertz CT molecular complexity index is 1470. The second-order valence-corrected chi connectivity index (χ2v) is 7.29. The summed E-state index contributed by atoms with van der Waals surface area (Å²) in [6.45, 7) is 1.86. The number of furan rings is 1. The van der Waals surface area contributed by atoms with Gasteiger partial charge in [0.2, 0.25) is 0 Å². The summed E-state index contributed by atoms with van der Waals surface area (Å²) in [6, 6.07) is 16.0. The van der Waals surface area contributed by atoms with Crippen molar-refractivity contribution in [1.82, 2.24) is 4.98 Å². The van der Waals surface area contributed by atoms with Gasteiger partial charge in [0.1, 0.15) is 28.8 Å². The summed E-state index contributed by atoms with van der Waals surface area (Å²) in [5.41, 5.74) is 3.22. The summed E-state index contributed by atoms with van der Waals surface area (Å²) >= 11 is 0. The van der Waals surface area contributed by atoms with E-state index in [2.05, 4.69) is 4.98 Å². The van der Waals surface area contributed by atoms with E-state index in [-0.39, 0.29) is 0 Å². The topological polar surface area (TPSA) is 85.7 Å². The Labute approximate surface area is 177 Å². The third-order valence-corrected chi connectivity index (χ3v) is 5.43. The van der Waals surface area contributed by atoms with E-state index < -0.39 is 11.7 Å². The molecule has 1 N–H and O–H groups in total. The summed E-state index contributed by atoms with van der Waals surface area (Å²) in [6.07, 6.45) is 2.25. The fraction of sp³-hybridized carbons (Fsp3) is 0.120. The molecule has 0 saturated carbocycles. The molecule has 3 aromatic heterocycles. The van der Waals surface area contributed by atoms with Gasteiger partial charge in [-0.25, -0.2) is 4.79 Å². The van der Waals surface area contributed by atoms with E-state index in [9.17, 15) is 9.90 Å². The summed E-state index contributed by atoms with van der Waals surface area (Å²) in [5.74, 6) is 0.865. The Kier molecular flexibility index (Phi) is 4.56. The molecule has 154 valence electrons. The molecule has 0 fully saturated rings. The second kappa shape index (κ2) is 7.41. The minimum Gasteiger partial charge on any atom is -0.496 e. The number of aliphatic hydroxyl groups is 1. The highest BCUT2D eigenvalue weighted by Gasteiger charge is 2.27. The van der Waals surface area contributed by atoms with Crippen LogP contribution in [0.15, 0.2) is 80.6 Å². The van der Waals surface area contributed by atoms with Crippen molar-refractivity contribution >= 4 is 21.9 Å². The minimum atomic E-state index is -1.11. The number of aromatic nitrogens is 1. The number of benzene rings is 2. The van der Waals surface area contributed by atoms with E-state index in [0.717, 1.165) is 16.5 Å². The number of para-hydroxylation sites is 1. The van der Waals surface area contributed by atoms with Crippen LogP contribution in [0.5, 0.6) is 5.75 Å². The van der Waals surface area contributed by atoms with Gasteiger partial charge in [0, 0.05) is 40.5 Å². The molecule has 0 saturated heterocycles. The van der Waals surface area contributed by atoms with Crippen LogP contribution in [0, 0.1) is 6.92 Å². The highest BCUT2D eigenvalue weighted by molar-refractivity contribution is 6.11. The molecule has 31 heavy (non-hydrogen) atoms. The zero-order valence-corrected chi connectivity index (χ0v) is 17.0. The van der Waals surface area contributed by atoms with Crippen LogP contribution in [-0.2, 0) is 0 Å². The van der Waals surface area contributed by atoms with Crippen LogP contribution in [0.4, 0.5) is 0 Å². The van der Waals surface area contributed by atoms with Gasteiger partial charge < -0.3 is 18.7 Å². The summed E-state index contributed by atoms with van der Waals surface area (Å²) in [4.78, 5) is 16.4. The van der Waals surface area contributed by atoms with Crippen molar-refractivity contribution in [2.24, 2.45) is 0 Å². The number of hydrogen-bond donors (Lipinski definition) is 1. The first-order valence-corrected chi connectivity index (χ1v) is 9.79.